The first-order chi connectivity index (χ1) is 14.9. The number of rotatable bonds is 1. The lowest BCUT2D eigenvalue weighted by molar-refractivity contribution is -0.140. The van der Waals surface area contributed by atoms with Crippen LogP contribution in [-0.2, 0) is 23.8 Å². The van der Waals surface area contributed by atoms with Crippen LogP contribution >= 0.6 is 0 Å². The highest BCUT2D eigenvalue weighted by atomic mass is 19.4. The molecule has 164 valence electrons. The fourth-order valence-electron chi connectivity index (χ4n) is 4.93. The van der Waals surface area contributed by atoms with Gasteiger partial charge in [-0.25, -0.2) is 9.97 Å². The highest BCUT2D eigenvalue weighted by Gasteiger charge is 2.40. The Bertz CT molecular complexity index is 1050. The standard InChI is InChI=1S/C15H19NO.C7H5F3N4/c1-2-4-12-6-15(5-11(12)3-1)16-7-13-9-17-10-14(13)8-16;8-7(9,10)4-1-3-5(11)12-2-13-6(3)14-4/h1-4,13-15H,5-10H2;1-2H,(H3,11,12,13,14). The van der Waals surface area contributed by atoms with Gasteiger partial charge in [0.1, 0.15) is 23.5 Å². The van der Waals surface area contributed by atoms with Crippen molar-refractivity contribution in [3.8, 4) is 0 Å². The van der Waals surface area contributed by atoms with Gasteiger partial charge >= 0.3 is 6.18 Å². The van der Waals surface area contributed by atoms with Gasteiger partial charge in [0.15, 0.2) is 0 Å². The van der Waals surface area contributed by atoms with E-state index in [1.54, 1.807) is 11.1 Å². The maximum absolute atomic E-state index is 12.2. The molecule has 0 amide bonds. The molecular formula is C22H24F3N5O. The zero-order chi connectivity index (χ0) is 21.6. The van der Waals surface area contributed by atoms with E-state index >= 15 is 0 Å². The van der Waals surface area contributed by atoms with Crippen LogP contribution in [0.3, 0.4) is 0 Å². The van der Waals surface area contributed by atoms with Crippen LogP contribution < -0.4 is 5.73 Å². The molecule has 3 aliphatic rings. The van der Waals surface area contributed by atoms with Gasteiger partial charge in [0, 0.05) is 31.0 Å². The molecule has 0 saturated carbocycles. The van der Waals surface area contributed by atoms with Gasteiger partial charge in [0.25, 0.3) is 0 Å². The number of fused-ring (bicyclic) bond motifs is 3. The minimum atomic E-state index is -4.42. The van der Waals surface area contributed by atoms with Crippen LogP contribution in [0.25, 0.3) is 11.0 Å². The number of nitrogens with two attached hydrogens (primary N) is 1. The van der Waals surface area contributed by atoms with E-state index in [9.17, 15) is 13.2 Å². The maximum Gasteiger partial charge on any atom is 0.431 e. The summed E-state index contributed by atoms with van der Waals surface area (Å²) in [5.74, 6) is 1.67. The first-order valence-electron chi connectivity index (χ1n) is 10.4. The third kappa shape index (κ3) is 3.99. The Morgan fingerprint density at radius 1 is 1.03 bits per heavy atom. The molecule has 2 saturated heterocycles. The topological polar surface area (TPSA) is 80.1 Å². The van der Waals surface area contributed by atoms with E-state index < -0.39 is 11.9 Å². The molecule has 0 bridgehead atoms. The van der Waals surface area contributed by atoms with Crippen LogP contribution in [0, 0.1) is 11.8 Å². The third-order valence-corrected chi connectivity index (χ3v) is 6.58. The van der Waals surface area contributed by atoms with Gasteiger partial charge in [0.2, 0.25) is 0 Å². The number of aromatic amines is 1. The van der Waals surface area contributed by atoms with Crippen LogP contribution in [0.2, 0.25) is 0 Å². The molecule has 1 aromatic carbocycles. The largest absolute Gasteiger partial charge is 0.431 e. The van der Waals surface area contributed by atoms with Crippen molar-refractivity contribution in [2.45, 2.75) is 25.1 Å². The Hall–Kier alpha value is -2.65. The highest BCUT2D eigenvalue weighted by molar-refractivity contribution is 5.86. The Balaban J connectivity index is 0.000000135. The fourth-order valence-corrected chi connectivity index (χ4v) is 4.93. The number of nitrogen functional groups attached to an aromatic ring is 1. The van der Waals surface area contributed by atoms with Crippen molar-refractivity contribution in [3.05, 3.63) is 53.5 Å². The van der Waals surface area contributed by atoms with Gasteiger partial charge in [0.05, 0.1) is 18.6 Å². The Morgan fingerprint density at radius 3 is 2.26 bits per heavy atom. The van der Waals surface area contributed by atoms with Gasteiger partial charge in [-0.05, 0) is 30.0 Å². The monoisotopic (exact) mass is 431 g/mol. The average Bonchev–Trinajstić information content (AvgIpc) is 3.48. The minimum Gasteiger partial charge on any atom is -0.383 e. The molecule has 9 heteroatoms. The first kappa shape index (κ1) is 20.3. The molecule has 3 aromatic rings. The second kappa shape index (κ2) is 7.80. The summed E-state index contributed by atoms with van der Waals surface area (Å²) < 4.78 is 42.3. The lowest BCUT2D eigenvalue weighted by atomic mass is 10.0. The van der Waals surface area contributed by atoms with Crippen molar-refractivity contribution in [1.29, 1.82) is 0 Å². The zero-order valence-corrected chi connectivity index (χ0v) is 16.9. The van der Waals surface area contributed by atoms with Gasteiger partial charge in [-0.1, -0.05) is 24.3 Å². The predicted molar refractivity (Wildman–Crippen MR) is 110 cm³/mol. The molecule has 1 aliphatic carbocycles. The SMILES string of the molecule is Nc1ncnc2[nH]c(C(F)(F)F)cc12.c1ccc2c(c1)CC(N1CC3COCC3C1)C2. The highest BCUT2D eigenvalue weighted by Crippen LogP contribution is 2.34. The van der Waals surface area contributed by atoms with Gasteiger partial charge in [-0.3, -0.25) is 4.90 Å². The summed E-state index contributed by atoms with van der Waals surface area (Å²) in [6.07, 6.45) is -0.797. The van der Waals surface area contributed by atoms with E-state index in [0.717, 1.165) is 43.5 Å². The second-order valence-corrected chi connectivity index (χ2v) is 8.54. The van der Waals surface area contributed by atoms with Crippen molar-refractivity contribution in [3.63, 3.8) is 0 Å². The minimum absolute atomic E-state index is 0.0294. The van der Waals surface area contributed by atoms with Gasteiger partial charge < -0.3 is 15.5 Å². The lowest BCUT2D eigenvalue weighted by Crippen LogP contribution is -2.35. The number of alkyl halides is 3. The van der Waals surface area contributed by atoms with E-state index in [1.807, 2.05) is 0 Å². The van der Waals surface area contributed by atoms with Crippen LogP contribution in [0.4, 0.5) is 19.0 Å². The number of likely N-dealkylation sites (tertiary alicyclic amines) is 1. The van der Waals surface area contributed by atoms with Gasteiger partial charge in [-0.2, -0.15) is 13.2 Å². The number of halogens is 3. The van der Waals surface area contributed by atoms with E-state index in [-0.39, 0.29) is 16.9 Å². The predicted octanol–water partition coefficient (Wildman–Crippen LogP) is 3.29. The Morgan fingerprint density at radius 2 is 1.68 bits per heavy atom. The number of nitrogens with zero attached hydrogens (tertiary/aromatic N) is 3. The summed E-state index contributed by atoms with van der Waals surface area (Å²) in [6, 6.07) is 10.6. The average molecular weight is 431 g/mol. The zero-order valence-electron chi connectivity index (χ0n) is 16.9. The fraction of sp³-hybridized carbons (Fsp3) is 0.455. The molecular weight excluding hydrogens is 407 g/mol. The third-order valence-electron chi connectivity index (χ3n) is 6.58. The van der Waals surface area contributed by atoms with Crippen molar-refractivity contribution < 1.29 is 17.9 Å². The van der Waals surface area contributed by atoms with E-state index in [4.69, 9.17) is 10.5 Å². The second-order valence-electron chi connectivity index (χ2n) is 8.54. The van der Waals surface area contributed by atoms with Gasteiger partial charge in [-0.15, -0.1) is 0 Å². The summed E-state index contributed by atoms with van der Waals surface area (Å²) >= 11 is 0. The molecule has 0 radical (unpaired) electrons. The quantitative estimate of drug-likeness (QED) is 0.618. The lowest BCUT2D eigenvalue weighted by Gasteiger charge is -2.24. The van der Waals surface area contributed by atoms with E-state index in [0.29, 0.717) is 0 Å². The maximum atomic E-state index is 12.2. The molecule has 2 aromatic heterocycles. The summed E-state index contributed by atoms with van der Waals surface area (Å²) in [5.41, 5.74) is 7.74. The number of benzene rings is 1. The van der Waals surface area contributed by atoms with Crippen LogP contribution in [0.15, 0.2) is 36.7 Å². The number of hydrogen-bond donors (Lipinski definition) is 2. The smallest absolute Gasteiger partial charge is 0.383 e. The summed E-state index contributed by atoms with van der Waals surface area (Å²) in [7, 11) is 0. The normalized spacial score (nSPS) is 23.6. The molecule has 31 heavy (non-hydrogen) atoms. The molecule has 2 unspecified atom stereocenters. The molecule has 2 aliphatic heterocycles. The molecule has 6 nitrogen and oxygen atoms in total. The molecule has 2 atom stereocenters. The number of ether oxygens (including phenoxy) is 1. The number of hydrogen-bond acceptors (Lipinski definition) is 5. The summed E-state index contributed by atoms with van der Waals surface area (Å²) in [6.45, 7) is 4.54. The van der Waals surface area contributed by atoms with Crippen molar-refractivity contribution in [2.75, 3.05) is 32.0 Å². The van der Waals surface area contributed by atoms with Crippen molar-refractivity contribution >= 4 is 16.9 Å². The number of nitrogens with one attached hydrogen (secondary N) is 1. The number of aromatic nitrogens is 3. The summed E-state index contributed by atoms with van der Waals surface area (Å²) in [4.78, 5) is 12.1. The molecule has 6 rings (SSSR count). The molecule has 4 heterocycles. The van der Waals surface area contributed by atoms with Crippen molar-refractivity contribution in [1.82, 2.24) is 19.9 Å². The Labute approximate surface area is 177 Å². The van der Waals surface area contributed by atoms with E-state index in [1.165, 1.54) is 25.9 Å². The molecule has 0 spiro atoms. The van der Waals surface area contributed by atoms with Crippen LogP contribution in [-0.4, -0.2) is 52.2 Å². The van der Waals surface area contributed by atoms with Crippen LogP contribution in [0.5, 0.6) is 0 Å². The Kier molecular flexibility index (Phi) is 5.10. The number of H-pyrrole nitrogens is 1. The van der Waals surface area contributed by atoms with Crippen molar-refractivity contribution in [2.24, 2.45) is 11.8 Å². The molecule has 2 fully saturated rings. The van der Waals surface area contributed by atoms with E-state index in [2.05, 4.69) is 44.1 Å². The molecule has 3 N–H and O–H groups in total. The first-order valence-corrected chi connectivity index (χ1v) is 10.4. The number of anilines is 1. The summed E-state index contributed by atoms with van der Waals surface area (Å²) in [5, 5.41) is 0.180. The van der Waals surface area contributed by atoms with Crippen LogP contribution in [0.1, 0.15) is 16.8 Å².